The molecule has 9 heteroatoms. The first-order valence-electron chi connectivity index (χ1n) is 10.2. The highest BCUT2D eigenvalue weighted by molar-refractivity contribution is 7.22. The van der Waals surface area contributed by atoms with Crippen molar-refractivity contribution in [3.8, 4) is 5.75 Å². The van der Waals surface area contributed by atoms with E-state index in [1.807, 2.05) is 6.07 Å². The fourth-order valence-corrected chi connectivity index (χ4v) is 4.70. The fraction of sp³-hybridized carbons (Fsp3) is 0.125. The first-order valence-corrected chi connectivity index (χ1v) is 11.1. The van der Waals surface area contributed by atoms with Gasteiger partial charge in [0.25, 0.3) is 11.8 Å². The number of hydrogen-bond acceptors (Lipinski definition) is 6. The largest absolute Gasteiger partial charge is 0.508 e. The molecule has 7 nitrogen and oxygen atoms in total. The van der Waals surface area contributed by atoms with Crippen molar-refractivity contribution in [3.05, 3.63) is 82.7 Å². The molecule has 4 N–H and O–H groups in total. The van der Waals surface area contributed by atoms with E-state index in [-0.39, 0.29) is 17.3 Å². The lowest BCUT2D eigenvalue weighted by atomic mass is 9.96. The maximum Gasteiger partial charge on any atom is 0.255 e. The second-order valence-electron chi connectivity index (χ2n) is 7.81. The molecule has 0 unspecified atom stereocenters. The number of carbonyl (C=O) groups excluding carboxylic acids is 2. The van der Waals surface area contributed by atoms with E-state index in [0.717, 1.165) is 27.4 Å². The van der Waals surface area contributed by atoms with Gasteiger partial charge in [-0.1, -0.05) is 17.4 Å². The summed E-state index contributed by atoms with van der Waals surface area (Å²) in [6.45, 7) is 0.935. The molecular weight excluding hydrogens is 443 g/mol. The van der Waals surface area contributed by atoms with E-state index in [9.17, 15) is 19.1 Å². The van der Waals surface area contributed by atoms with Gasteiger partial charge in [-0.15, -0.1) is 0 Å². The molecule has 5 rings (SSSR count). The monoisotopic (exact) mass is 462 g/mol. The predicted octanol–water partition coefficient (Wildman–Crippen LogP) is 4.17. The summed E-state index contributed by atoms with van der Waals surface area (Å²) >= 11 is 1.34. The molecule has 4 aromatic rings. The van der Waals surface area contributed by atoms with Crippen molar-refractivity contribution in [1.82, 2.24) is 9.88 Å². The van der Waals surface area contributed by atoms with Crippen LogP contribution in [0.1, 0.15) is 31.8 Å². The number of aromatic hydroxyl groups is 1. The summed E-state index contributed by atoms with van der Waals surface area (Å²) in [4.78, 5) is 31.8. The number of nitrogens with two attached hydrogens (primary N) is 1. The van der Waals surface area contributed by atoms with Gasteiger partial charge in [-0.25, -0.2) is 9.37 Å². The molecule has 2 amide bonds. The van der Waals surface area contributed by atoms with Gasteiger partial charge in [0.2, 0.25) is 0 Å². The number of phenolic OH excluding ortho intramolecular Hbond substituents is 1. The van der Waals surface area contributed by atoms with Crippen molar-refractivity contribution in [1.29, 1.82) is 0 Å². The van der Waals surface area contributed by atoms with Crippen LogP contribution >= 0.6 is 11.3 Å². The Morgan fingerprint density at radius 1 is 1.06 bits per heavy atom. The minimum atomic E-state index is -0.724. The van der Waals surface area contributed by atoms with Gasteiger partial charge >= 0.3 is 0 Å². The minimum absolute atomic E-state index is 0.0218. The number of nitrogens with one attached hydrogen (secondary N) is 1. The summed E-state index contributed by atoms with van der Waals surface area (Å²) < 4.78 is 14.8. The molecule has 1 aromatic heterocycles. The molecule has 0 fully saturated rings. The highest BCUT2D eigenvalue weighted by Gasteiger charge is 2.23. The number of hydrogen-bond donors (Lipinski definition) is 3. The molecule has 1 aliphatic heterocycles. The molecule has 0 aliphatic carbocycles. The molecule has 0 atom stereocenters. The third-order valence-corrected chi connectivity index (χ3v) is 6.47. The standard InChI is InChI=1S/C24H19FN4O3S/c25-18-11-17(30)4-6-19(18)27-22(31)14-2-1-13-7-8-29(12-16(13)9-14)23(32)15-3-5-20-21(10-15)33-24(26)28-20/h1-6,9-11,30H,7-8,12H2,(H2,26,28)(H,27,31). The highest BCUT2D eigenvalue weighted by Crippen LogP contribution is 2.27. The molecule has 1 aliphatic rings. The Morgan fingerprint density at radius 3 is 2.70 bits per heavy atom. The Kier molecular flexibility index (Phi) is 5.18. The molecule has 3 aromatic carbocycles. The molecule has 0 spiro atoms. The zero-order chi connectivity index (χ0) is 23.1. The number of halogens is 1. The van der Waals surface area contributed by atoms with E-state index in [0.29, 0.717) is 35.8 Å². The lowest BCUT2D eigenvalue weighted by molar-refractivity contribution is 0.0735. The number of benzene rings is 3. The quantitative estimate of drug-likeness (QED) is 0.396. The van der Waals surface area contributed by atoms with Gasteiger partial charge in [0.15, 0.2) is 5.13 Å². The molecule has 2 heterocycles. The number of aromatic nitrogens is 1. The summed E-state index contributed by atoms with van der Waals surface area (Å²) in [5.74, 6) is -1.52. The summed E-state index contributed by atoms with van der Waals surface area (Å²) in [6.07, 6.45) is 0.672. The predicted molar refractivity (Wildman–Crippen MR) is 125 cm³/mol. The normalized spacial score (nSPS) is 13.1. The van der Waals surface area contributed by atoms with E-state index >= 15 is 0 Å². The van der Waals surface area contributed by atoms with Crippen LogP contribution in [0.4, 0.5) is 15.2 Å². The second-order valence-corrected chi connectivity index (χ2v) is 8.88. The lowest BCUT2D eigenvalue weighted by Crippen LogP contribution is -2.36. The second kappa shape index (κ2) is 8.18. The Balaban J connectivity index is 1.35. The Bertz CT molecular complexity index is 1420. The molecule has 33 heavy (non-hydrogen) atoms. The molecular formula is C24H19FN4O3S. The van der Waals surface area contributed by atoms with Crippen molar-refractivity contribution in [2.45, 2.75) is 13.0 Å². The average Bonchev–Trinajstić information content (AvgIpc) is 3.18. The highest BCUT2D eigenvalue weighted by atomic mass is 32.1. The smallest absolute Gasteiger partial charge is 0.255 e. The topological polar surface area (TPSA) is 109 Å². The summed E-state index contributed by atoms with van der Waals surface area (Å²) in [7, 11) is 0. The Hall–Kier alpha value is -3.98. The van der Waals surface area contributed by atoms with Crippen LogP contribution in [0.2, 0.25) is 0 Å². The van der Waals surface area contributed by atoms with Crippen molar-refractivity contribution in [2.24, 2.45) is 0 Å². The van der Waals surface area contributed by atoms with Crippen LogP contribution in [0.15, 0.2) is 54.6 Å². The van der Waals surface area contributed by atoms with Crippen LogP contribution in [0.3, 0.4) is 0 Å². The van der Waals surface area contributed by atoms with Crippen LogP contribution in [0, 0.1) is 5.82 Å². The van der Waals surface area contributed by atoms with E-state index < -0.39 is 11.7 Å². The van der Waals surface area contributed by atoms with Gasteiger partial charge in [0, 0.05) is 30.3 Å². The first-order chi connectivity index (χ1) is 15.9. The number of nitrogens with zero attached hydrogens (tertiary/aromatic N) is 2. The number of rotatable bonds is 3. The third kappa shape index (κ3) is 4.10. The third-order valence-electron chi connectivity index (χ3n) is 5.62. The van der Waals surface area contributed by atoms with Gasteiger partial charge in [-0.05, 0) is 60.0 Å². The number of nitrogen functional groups attached to an aromatic ring is 1. The Labute approximate surface area is 192 Å². The van der Waals surface area contributed by atoms with Crippen LogP contribution in [0.5, 0.6) is 5.75 Å². The maximum atomic E-state index is 14.0. The van der Waals surface area contributed by atoms with Gasteiger partial charge in [-0.3, -0.25) is 9.59 Å². The molecule has 0 radical (unpaired) electrons. The average molecular weight is 463 g/mol. The number of phenols is 1. The molecule has 0 bridgehead atoms. The molecule has 166 valence electrons. The number of anilines is 2. The van der Waals surface area contributed by atoms with Gasteiger partial charge < -0.3 is 21.1 Å². The van der Waals surface area contributed by atoms with Gasteiger partial charge in [0.1, 0.15) is 11.6 Å². The maximum absolute atomic E-state index is 14.0. The number of carbonyl (C=O) groups is 2. The zero-order valence-corrected chi connectivity index (χ0v) is 18.2. The number of fused-ring (bicyclic) bond motifs is 2. The molecule has 0 saturated heterocycles. The van der Waals surface area contributed by atoms with E-state index in [4.69, 9.17) is 5.73 Å². The number of thiazole rings is 1. The van der Waals surface area contributed by atoms with E-state index in [1.54, 1.807) is 35.2 Å². The summed E-state index contributed by atoms with van der Waals surface area (Å²) in [5, 5.41) is 12.3. The van der Waals surface area contributed by atoms with Crippen LogP contribution < -0.4 is 11.1 Å². The SMILES string of the molecule is Nc1nc2ccc(C(=O)N3CCc4ccc(C(=O)Nc5ccc(O)cc5F)cc4C3)cc2s1. The van der Waals surface area contributed by atoms with Gasteiger partial charge in [-0.2, -0.15) is 0 Å². The fourth-order valence-electron chi connectivity index (χ4n) is 3.93. The van der Waals surface area contributed by atoms with Crippen molar-refractivity contribution in [2.75, 3.05) is 17.6 Å². The van der Waals surface area contributed by atoms with E-state index in [1.165, 1.54) is 23.5 Å². The van der Waals surface area contributed by atoms with E-state index in [2.05, 4.69) is 10.3 Å². The van der Waals surface area contributed by atoms with Crippen molar-refractivity contribution >= 4 is 44.2 Å². The van der Waals surface area contributed by atoms with Crippen LogP contribution in [-0.2, 0) is 13.0 Å². The van der Waals surface area contributed by atoms with Crippen molar-refractivity contribution < 1.29 is 19.1 Å². The summed E-state index contributed by atoms with van der Waals surface area (Å²) in [5.41, 5.74) is 9.36. The number of amides is 2. The Morgan fingerprint density at radius 2 is 1.88 bits per heavy atom. The zero-order valence-electron chi connectivity index (χ0n) is 17.3. The first kappa shape index (κ1) is 20.9. The van der Waals surface area contributed by atoms with Gasteiger partial charge in [0.05, 0.1) is 15.9 Å². The lowest BCUT2D eigenvalue weighted by Gasteiger charge is -2.29. The minimum Gasteiger partial charge on any atom is -0.508 e. The summed E-state index contributed by atoms with van der Waals surface area (Å²) in [6, 6.07) is 14.2. The molecule has 0 saturated carbocycles. The van der Waals surface area contributed by atoms with Crippen molar-refractivity contribution in [3.63, 3.8) is 0 Å². The van der Waals surface area contributed by atoms with Crippen LogP contribution in [-0.4, -0.2) is 33.3 Å². The van der Waals surface area contributed by atoms with Crippen LogP contribution in [0.25, 0.3) is 10.2 Å².